The molecule has 0 saturated heterocycles. The molecule has 2 rings (SSSR count). The van der Waals surface area contributed by atoms with E-state index < -0.39 is 0 Å². The van der Waals surface area contributed by atoms with Gasteiger partial charge in [0.25, 0.3) is 0 Å². The van der Waals surface area contributed by atoms with Crippen molar-refractivity contribution in [1.29, 1.82) is 0 Å². The predicted molar refractivity (Wildman–Crippen MR) is 63.1 cm³/mol. The van der Waals surface area contributed by atoms with Gasteiger partial charge in [-0.25, -0.2) is 0 Å². The molecule has 0 radical (unpaired) electrons. The monoisotopic (exact) mass is 188 g/mol. The molecule has 0 N–H and O–H groups in total. The smallest absolute Gasteiger partial charge is 0.0441 e. The van der Waals surface area contributed by atoms with E-state index in [1.165, 1.54) is 16.9 Å². The van der Waals surface area contributed by atoms with E-state index in [9.17, 15) is 0 Å². The number of likely N-dealkylation sites (N-methyl/N-ethyl adjacent to an activating group) is 1. The fourth-order valence-electron chi connectivity index (χ4n) is 1.74. The summed E-state index contributed by atoms with van der Waals surface area (Å²) in [5, 5.41) is 0. The maximum atomic E-state index is 2.26. The van der Waals surface area contributed by atoms with Gasteiger partial charge in [-0.1, -0.05) is 12.2 Å². The van der Waals surface area contributed by atoms with Gasteiger partial charge in [0.05, 0.1) is 0 Å². The van der Waals surface area contributed by atoms with Crippen LogP contribution in [0.3, 0.4) is 0 Å². The third kappa shape index (κ3) is 1.48. The molecule has 14 heavy (non-hydrogen) atoms. The Labute approximate surface area is 85.4 Å². The van der Waals surface area contributed by atoms with Gasteiger partial charge in [-0.3, -0.25) is 0 Å². The van der Waals surface area contributed by atoms with Crippen molar-refractivity contribution in [3.05, 3.63) is 29.8 Å². The first-order chi connectivity index (χ1) is 6.68. The minimum Gasteiger partial charge on any atom is -0.378 e. The number of hydrogen-bond acceptors (Lipinski definition) is 2. The molecule has 0 amide bonds. The molecular weight excluding hydrogens is 172 g/mol. The number of anilines is 2. The quantitative estimate of drug-likeness (QED) is 0.666. The van der Waals surface area contributed by atoms with Crippen LogP contribution in [0.2, 0.25) is 0 Å². The van der Waals surface area contributed by atoms with Crippen molar-refractivity contribution >= 4 is 17.5 Å². The second-order valence-corrected chi connectivity index (χ2v) is 3.92. The highest BCUT2D eigenvalue weighted by Crippen LogP contribution is 2.28. The third-order valence-corrected chi connectivity index (χ3v) is 2.62. The van der Waals surface area contributed by atoms with Crippen LogP contribution in [0.4, 0.5) is 11.4 Å². The van der Waals surface area contributed by atoms with Gasteiger partial charge in [-0.05, 0) is 23.8 Å². The fraction of sp³-hybridized carbons (Fsp3) is 0.333. The van der Waals surface area contributed by atoms with Gasteiger partial charge in [-0.2, -0.15) is 0 Å². The first kappa shape index (κ1) is 9.13. The predicted octanol–water partition coefficient (Wildman–Crippen LogP) is 2.22. The van der Waals surface area contributed by atoms with Crippen molar-refractivity contribution in [2.75, 3.05) is 37.5 Å². The second kappa shape index (κ2) is 3.37. The molecule has 0 bridgehead atoms. The average Bonchev–Trinajstić information content (AvgIpc) is 2.17. The van der Waals surface area contributed by atoms with Crippen molar-refractivity contribution in [2.45, 2.75) is 0 Å². The van der Waals surface area contributed by atoms with E-state index in [4.69, 9.17) is 0 Å². The molecule has 1 heterocycles. The van der Waals surface area contributed by atoms with Gasteiger partial charge < -0.3 is 9.80 Å². The normalized spacial score (nSPS) is 14.1. The van der Waals surface area contributed by atoms with Gasteiger partial charge >= 0.3 is 0 Å². The van der Waals surface area contributed by atoms with Gasteiger partial charge in [0.15, 0.2) is 0 Å². The molecule has 2 heteroatoms. The van der Waals surface area contributed by atoms with Crippen LogP contribution in [0.5, 0.6) is 0 Å². The van der Waals surface area contributed by atoms with Crippen LogP contribution in [0.25, 0.3) is 6.08 Å². The summed E-state index contributed by atoms with van der Waals surface area (Å²) in [5.74, 6) is 0. The molecule has 0 aromatic heterocycles. The van der Waals surface area contributed by atoms with E-state index in [0.29, 0.717) is 0 Å². The Morgan fingerprint density at radius 3 is 2.79 bits per heavy atom. The van der Waals surface area contributed by atoms with E-state index >= 15 is 0 Å². The van der Waals surface area contributed by atoms with Gasteiger partial charge in [0.2, 0.25) is 0 Å². The largest absolute Gasteiger partial charge is 0.378 e. The van der Waals surface area contributed by atoms with E-state index in [1.807, 2.05) is 0 Å². The van der Waals surface area contributed by atoms with Crippen LogP contribution in [-0.2, 0) is 0 Å². The van der Waals surface area contributed by atoms with Crippen LogP contribution >= 0.6 is 0 Å². The Bertz CT molecular complexity index is 367. The third-order valence-electron chi connectivity index (χ3n) is 2.62. The van der Waals surface area contributed by atoms with Crippen LogP contribution in [0.1, 0.15) is 5.56 Å². The lowest BCUT2D eigenvalue weighted by Crippen LogP contribution is -2.20. The Hall–Kier alpha value is -1.44. The lowest BCUT2D eigenvalue weighted by Gasteiger charge is -2.25. The summed E-state index contributed by atoms with van der Waals surface area (Å²) in [6.07, 6.45) is 4.39. The van der Waals surface area contributed by atoms with Crippen molar-refractivity contribution in [3.63, 3.8) is 0 Å². The Morgan fingerprint density at radius 1 is 1.29 bits per heavy atom. The summed E-state index contributed by atoms with van der Waals surface area (Å²) < 4.78 is 0. The fourth-order valence-corrected chi connectivity index (χ4v) is 1.74. The maximum absolute atomic E-state index is 2.26. The first-order valence-electron chi connectivity index (χ1n) is 4.87. The zero-order chi connectivity index (χ0) is 10.1. The number of hydrogen-bond donors (Lipinski definition) is 0. The van der Waals surface area contributed by atoms with Crippen molar-refractivity contribution in [2.24, 2.45) is 0 Å². The highest BCUT2D eigenvalue weighted by Gasteiger charge is 2.09. The molecule has 1 aliphatic heterocycles. The SMILES string of the molecule is CN(C)c1ccc2c(c1)C=CCN2C. The highest BCUT2D eigenvalue weighted by atomic mass is 15.1. The van der Waals surface area contributed by atoms with Crippen LogP contribution in [-0.4, -0.2) is 27.7 Å². The van der Waals surface area contributed by atoms with Crippen molar-refractivity contribution in [3.8, 4) is 0 Å². The number of nitrogens with zero attached hydrogens (tertiary/aromatic N) is 2. The van der Waals surface area contributed by atoms with Crippen LogP contribution in [0.15, 0.2) is 24.3 Å². The van der Waals surface area contributed by atoms with E-state index in [-0.39, 0.29) is 0 Å². The number of rotatable bonds is 1. The Balaban J connectivity index is 2.45. The molecule has 0 saturated carbocycles. The molecule has 74 valence electrons. The summed E-state index contributed by atoms with van der Waals surface area (Å²) in [7, 11) is 6.26. The summed E-state index contributed by atoms with van der Waals surface area (Å²) >= 11 is 0. The summed E-state index contributed by atoms with van der Waals surface area (Å²) in [5.41, 5.74) is 3.88. The van der Waals surface area contributed by atoms with Gasteiger partial charge in [0.1, 0.15) is 0 Å². The minimum atomic E-state index is 1.01. The topological polar surface area (TPSA) is 6.48 Å². The van der Waals surface area contributed by atoms with E-state index in [1.54, 1.807) is 0 Å². The summed E-state index contributed by atoms with van der Waals surface area (Å²) in [4.78, 5) is 4.39. The zero-order valence-corrected chi connectivity index (χ0v) is 8.99. The molecule has 0 atom stereocenters. The van der Waals surface area contributed by atoms with Gasteiger partial charge in [0, 0.05) is 39.1 Å². The second-order valence-electron chi connectivity index (χ2n) is 3.92. The molecule has 0 fully saturated rings. The standard InChI is InChI=1S/C12H16N2/c1-13(2)11-6-7-12-10(9-11)5-4-8-14(12)3/h4-7,9H,8H2,1-3H3. The molecule has 0 aliphatic carbocycles. The van der Waals surface area contributed by atoms with Crippen LogP contribution in [0, 0.1) is 0 Å². The average molecular weight is 188 g/mol. The molecule has 0 unspecified atom stereocenters. The van der Waals surface area contributed by atoms with Crippen molar-refractivity contribution < 1.29 is 0 Å². The molecule has 1 aromatic carbocycles. The molecule has 2 nitrogen and oxygen atoms in total. The zero-order valence-electron chi connectivity index (χ0n) is 8.99. The molecule has 1 aliphatic rings. The molecule has 0 spiro atoms. The van der Waals surface area contributed by atoms with E-state index in [2.05, 4.69) is 61.3 Å². The number of fused-ring (bicyclic) bond motifs is 1. The molecular formula is C12H16N2. The summed E-state index contributed by atoms with van der Waals surface area (Å²) in [6, 6.07) is 6.57. The maximum Gasteiger partial charge on any atom is 0.0441 e. The molecule has 1 aromatic rings. The van der Waals surface area contributed by atoms with Gasteiger partial charge in [-0.15, -0.1) is 0 Å². The Morgan fingerprint density at radius 2 is 2.07 bits per heavy atom. The lowest BCUT2D eigenvalue weighted by molar-refractivity contribution is 1.02. The minimum absolute atomic E-state index is 1.01. The van der Waals surface area contributed by atoms with Crippen molar-refractivity contribution in [1.82, 2.24) is 0 Å². The Kier molecular flexibility index (Phi) is 2.20. The lowest BCUT2D eigenvalue weighted by atomic mass is 10.1. The van der Waals surface area contributed by atoms with E-state index in [0.717, 1.165) is 6.54 Å². The first-order valence-corrected chi connectivity index (χ1v) is 4.87. The number of benzene rings is 1. The summed E-state index contributed by atoms with van der Waals surface area (Å²) in [6.45, 7) is 1.01. The highest BCUT2D eigenvalue weighted by molar-refractivity contribution is 5.74. The van der Waals surface area contributed by atoms with Crippen LogP contribution < -0.4 is 9.80 Å².